The molecule has 0 radical (unpaired) electrons. The number of unbranched alkanes of at least 4 members (excludes halogenated alkanes) is 3. The predicted octanol–water partition coefficient (Wildman–Crippen LogP) is 4.26. The number of halogens is 1. The van der Waals surface area contributed by atoms with Crippen molar-refractivity contribution in [1.29, 1.82) is 0 Å². The van der Waals surface area contributed by atoms with E-state index in [-0.39, 0.29) is 0 Å². The van der Waals surface area contributed by atoms with E-state index in [1.54, 1.807) is 0 Å². The molecule has 0 aromatic carbocycles. The smallest absolute Gasteiger partial charge is 0.0847 e. The van der Waals surface area contributed by atoms with Gasteiger partial charge >= 0.3 is 0 Å². The van der Waals surface area contributed by atoms with E-state index in [0.29, 0.717) is 6.04 Å². The number of aromatic nitrogens is 2. The molecular formula is C16H30ClN3. The normalized spacial score (nSPS) is 12.8. The van der Waals surface area contributed by atoms with Gasteiger partial charge in [-0.05, 0) is 26.3 Å². The first-order valence-corrected chi connectivity index (χ1v) is 8.39. The molecule has 1 N–H and O–H groups in total. The first kappa shape index (κ1) is 17.5. The highest BCUT2D eigenvalue weighted by Crippen LogP contribution is 2.22. The van der Waals surface area contributed by atoms with Gasteiger partial charge in [0.15, 0.2) is 0 Å². The molecule has 0 fully saturated rings. The topological polar surface area (TPSA) is 29.9 Å². The summed E-state index contributed by atoms with van der Waals surface area (Å²) in [6.07, 6.45) is 8.63. The van der Waals surface area contributed by atoms with Crippen LogP contribution in [0, 0.1) is 6.92 Å². The summed E-state index contributed by atoms with van der Waals surface area (Å²) in [6, 6.07) is 0.513. The molecule has 0 amide bonds. The van der Waals surface area contributed by atoms with Crippen LogP contribution < -0.4 is 5.32 Å². The lowest BCUT2D eigenvalue weighted by atomic mass is 10.0. The lowest BCUT2D eigenvalue weighted by Gasteiger charge is -2.19. The second-order valence-electron chi connectivity index (χ2n) is 5.67. The van der Waals surface area contributed by atoms with E-state index in [1.807, 2.05) is 18.7 Å². The maximum absolute atomic E-state index is 6.36. The standard InChI is InChI=1S/C16H30ClN3/c1-5-7-8-9-10-14(18-11-6-2)12-15-16(17)13(3)19-20(15)4/h14,18H,5-12H2,1-4H3. The number of hydrogen-bond acceptors (Lipinski definition) is 2. The van der Waals surface area contributed by atoms with Crippen molar-refractivity contribution in [3.8, 4) is 0 Å². The molecule has 0 saturated carbocycles. The Labute approximate surface area is 129 Å². The first-order valence-electron chi connectivity index (χ1n) is 8.01. The zero-order valence-electron chi connectivity index (χ0n) is 13.5. The van der Waals surface area contributed by atoms with Crippen LogP contribution in [-0.2, 0) is 13.5 Å². The monoisotopic (exact) mass is 299 g/mol. The maximum atomic E-state index is 6.36. The summed E-state index contributed by atoms with van der Waals surface area (Å²) < 4.78 is 1.93. The average molecular weight is 300 g/mol. The molecule has 4 heteroatoms. The fourth-order valence-electron chi connectivity index (χ4n) is 2.58. The second kappa shape index (κ2) is 9.41. The van der Waals surface area contributed by atoms with Crippen LogP contribution in [0.4, 0.5) is 0 Å². The predicted molar refractivity (Wildman–Crippen MR) is 87.5 cm³/mol. The van der Waals surface area contributed by atoms with Gasteiger partial charge in [0.1, 0.15) is 0 Å². The zero-order valence-corrected chi connectivity index (χ0v) is 14.3. The average Bonchev–Trinajstić information content (AvgIpc) is 2.66. The summed E-state index contributed by atoms with van der Waals surface area (Å²) in [5.74, 6) is 0. The van der Waals surface area contributed by atoms with Crippen molar-refractivity contribution in [1.82, 2.24) is 15.1 Å². The van der Waals surface area contributed by atoms with Crippen LogP contribution in [0.25, 0.3) is 0 Å². The third-order valence-corrected chi connectivity index (χ3v) is 4.28. The molecule has 1 aromatic heterocycles. The molecule has 0 aliphatic rings. The molecule has 0 bridgehead atoms. The SMILES string of the molecule is CCCCCCC(Cc1c(Cl)c(C)nn1C)NCCC. The number of hydrogen-bond donors (Lipinski definition) is 1. The molecule has 0 saturated heterocycles. The molecular weight excluding hydrogens is 270 g/mol. The summed E-state index contributed by atoms with van der Waals surface area (Å²) in [5.41, 5.74) is 2.10. The number of rotatable bonds is 10. The molecule has 1 heterocycles. The van der Waals surface area contributed by atoms with Crippen molar-refractivity contribution < 1.29 is 0 Å². The lowest BCUT2D eigenvalue weighted by molar-refractivity contribution is 0.444. The second-order valence-corrected chi connectivity index (χ2v) is 6.05. The molecule has 1 unspecified atom stereocenters. The van der Waals surface area contributed by atoms with Crippen molar-refractivity contribution in [3.63, 3.8) is 0 Å². The van der Waals surface area contributed by atoms with Gasteiger partial charge in [-0.25, -0.2) is 0 Å². The molecule has 0 aliphatic heterocycles. The highest BCUT2D eigenvalue weighted by molar-refractivity contribution is 6.31. The molecule has 1 aromatic rings. The third-order valence-electron chi connectivity index (χ3n) is 3.79. The van der Waals surface area contributed by atoms with Gasteiger partial charge in [0.2, 0.25) is 0 Å². The Morgan fingerprint density at radius 1 is 1.20 bits per heavy atom. The van der Waals surface area contributed by atoms with Crippen molar-refractivity contribution >= 4 is 11.6 Å². The summed E-state index contributed by atoms with van der Waals surface area (Å²) in [6.45, 7) is 7.52. The van der Waals surface area contributed by atoms with E-state index in [4.69, 9.17) is 11.6 Å². The van der Waals surface area contributed by atoms with E-state index in [2.05, 4.69) is 24.3 Å². The number of nitrogens with zero attached hydrogens (tertiary/aromatic N) is 2. The van der Waals surface area contributed by atoms with Crippen molar-refractivity contribution in [2.45, 2.75) is 71.8 Å². The zero-order chi connectivity index (χ0) is 15.0. The van der Waals surface area contributed by atoms with Crippen LogP contribution in [0.15, 0.2) is 0 Å². The summed E-state index contributed by atoms with van der Waals surface area (Å²) >= 11 is 6.36. The maximum Gasteiger partial charge on any atom is 0.0847 e. The minimum Gasteiger partial charge on any atom is -0.314 e. The van der Waals surface area contributed by atoms with Crippen LogP contribution in [0.5, 0.6) is 0 Å². The van der Waals surface area contributed by atoms with Gasteiger partial charge in [-0.1, -0.05) is 51.1 Å². The van der Waals surface area contributed by atoms with Gasteiger partial charge in [-0.15, -0.1) is 0 Å². The highest BCUT2D eigenvalue weighted by Gasteiger charge is 2.16. The highest BCUT2D eigenvalue weighted by atomic mass is 35.5. The summed E-state index contributed by atoms with van der Waals surface area (Å²) in [4.78, 5) is 0. The lowest BCUT2D eigenvalue weighted by Crippen LogP contribution is -2.32. The molecule has 3 nitrogen and oxygen atoms in total. The Morgan fingerprint density at radius 2 is 1.95 bits per heavy atom. The minimum absolute atomic E-state index is 0.513. The Balaban J connectivity index is 2.58. The van der Waals surface area contributed by atoms with E-state index in [1.165, 1.54) is 38.5 Å². The fourth-order valence-corrected chi connectivity index (χ4v) is 2.81. The quantitative estimate of drug-likeness (QED) is 0.654. The Hall–Kier alpha value is -0.540. The Bertz CT molecular complexity index is 387. The molecule has 116 valence electrons. The summed E-state index contributed by atoms with van der Waals surface area (Å²) in [7, 11) is 1.99. The third kappa shape index (κ3) is 5.45. The van der Waals surface area contributed by atoms with Gasteiger partial charge in [-0.2, -0.15) is 5.10 Å². The van der Waals surface area contributed by atoms with Gasteiger partial charge in [0, 0.05) is 19.5 Å². The minimum atomic E-state index is 0.513. The molecule has 1 rings (SSSR count). The van der Waals surface area contributed by atoms with Crippen LogP contribution in [0.2, 0.25) is 5.02 Å². The van der Waals surface area contributed by atoms with E-state index >= 15 is 0 Å². The van der Waals surface area contributed by atoms with Crippen LogP contribution in [-0.4, -0.2) is 22.4 Å². The van der Waals surface area contributed by atoms with Crippen molar-refractivity contribution in [3.05, 3.63) is 16.4 Å². The Kier molecular flexibility index (Phi) is 8.24. The van der Waals surface area contributed by atoms with Gasteiger partial charge in [0.25, 0.3) is 0 Å². The molecule has 0 spiro atoms. The first-order chi connectivity index (χ1) is 9.60. The van der Waals surface area contributed by atoms with Gasteiger partial charge < -0.3 is 5.32 Å². The summed E-state index contributed by atoms with van der Waals surface area (Å²) in [5, 5.41) is 8.91. The van der Waals surface area contributed by atoms with E-state index in [0.717, 1.165) is 29.4 Å². The van der Waals surface area contributed by atoms with Crippen LogP contribution >= 0.6 is 11.6 Å². The van der Waals surface area contributed by atoms with Gasteiger partial charge in [0.05, 0.1) is 16.4 Å². The van der Waals surface area contributed by atoms with Crippen LogP contribution in [0.1, 0.15) is 63.8 Å². The van der Waals surface area contributed by atoms with Crippen molar-refractivity contribution in [2.75, 3.05) is 6.54 Å². The van der Waals surface area contributed by atoms with E-state index in [9.17, 15) is 0 Å². The Morgan fingerprint density at radius 3 is 2.50 bits per heavy atom. The van der Waals surface area contributed by atoms with E-state index < -0.39 is 0 Å². The van der Waals surface area contributed by atoms with Crippen LogP contribution in [0.3, 0.4) is 0 Å². The number of nitrogens with one attached hydrogen (secondary N) is 1. The molecule has 0 aliphatic carbocycles. The van der Waals surface area contributed by atoms with Crippen molar-refractivity contribution in [2.24, 2.45) is 7.05 Å². The molecule has 20 heavy (non-hydrogen) atoms. The fraction of sp³-hybridized carbons (Fsp3) is 0.812. The largest absolute Gasteiger partial charge is 0.314 e. The molecule has 1 atom stereocenters. The van der Waals surface area contributed by atoms with Gasteiger partial charge in [-0.3, -0.25) is 4.68 Å². The number of aryl methyl sites for hydroxylation is 2.